The smallest absolute Gasteiger partial charge is 0.137 e. The molecule has 0 radical (unpaired) electrons. The lowest BCUT2D eigenvalue weighted by molar-refractivity contribution is 0.669. The molecule has 0 aliphatic carbocycles. The normalized spacial score (nSPS) is 11.5. The van der Waals surface area contributed by atoms with Gasteiger partial charge in [-0.05, 0) is 99.1 Å². The van der Waals surface area contributed by atoms with E-state index in [4.69, 9.17) is 4.42 Å². The van der Waals surface area contributed by atoms with Crippen molar-refractivity contribution in [1.29, 1.82) is 0 Å². The molecular formula is C54H35NOS. The van der Waals surface area contributed by atoms with Gasteiger partial charge < -0.3 is 9.32 Å². The summed E-state index contributed by atoms with van der Waals surface area (Å²) in [7, 11) is 0. The Morgan fingerprint density at radius 2 is 0.930 bits per heavy atom. The monoisotopic (exact) mass is 745 g/mol. The number of nitrogens with zero attached hydrogens (tertiary/aromatic N) is 1. The molecule has 0 unspecified atom stereocenters. The summed E-state index contributed by atoms with van der Waals surface area (Å²) in [6.07, 6.45) is 0. The van der Waals surface area contributed by atoms with Gasteiger partial charge in [-0.3, -0.25) is 0 Å². The van der Waals surface area contributed by atoms with Gasteiger partial charge in [0.05, 0.1) is 16.8 Å². The first-order valence-corrected chi connectivity index (χ1v) is 20.1. The molecule has 11 aromatic rings. The van der Waals surface area contributed by atoms with E-state index in [2.05, 4.69) is 217 Å². The molecule has 0 atom stereocenters. The number of benzene rings is 9. The van der Waals surface area contributed by atoms with Crippen LogP contribution < -0.4 is 4.90 Å². The number of thiophene rings is 1. The predicted octanol–water partition coefficient (Wildman–Crippen LogP) is 16.1. The quantitative estimate of drug-likeness (QED) is 0.162. The first-order valence-electron chi connectivity index (χ1n) is 19.3. The van der Waals surface area contributed by atoms with Crippen molar-refractivity contribution in [1.82, 2.24) is 0 Å². The van der Waals surface area contributed by atoms with Crippen LogP contribution in [-0.4, -0.2) is 0 Å². The van der Waals surface area contributed by atoms with Crippen LogP contribution in [0.15, 0.2) is 217 Å². The van der Waals surface area contributed by atoms with Crippen LogP contribution in [0.2, 0.25) is 0 Å². The van der Waals surface area contributed by atoms with Crippen molar-refractivity contribution < 1.29 is 4.42 Å². The molecule has 0 bridgehead atoms. The average molecular weight is 746 g/mol. The van der Waals surface area contributed by atoms with Crippen LogP contribution in [0.4, 0.5) is 17.1 Å². The van der Waals surface area contributed by atoms with E-state index in [0.717, 1.165) is 61.3 Å². The van der Waals surface area contributed by atoms with E-state index >= 15 is 0 Å². The second-order valence-electron chi connectivity index (χ2n) is 14.5. The molecule has 2 nitrogen and oxygen atoms in total. The number of rotatable bonds is 7. The minimum Gasteiger partial charge on any atom is -0.456 e. The first-order chi connectivity index (χ1) is 28.3. The molecule has 9 aromatic carbocycles. The maximum Gasteiger partial charge on any atom is 0.137 e. The molecule has 268 valence electrons. The molecule has 0 amide bonds. The van der Waals surface area contributed by atoms with E-state index in [1.54, 1.807) is 0 Å². The van der Waals surface area contributed by atoms with Crippen molar-refractivity contribution in [2.45, 2.75) is 0 Å². The molecule has 2 aromatic heterocycles. The average Bonchev–Trinajstić information content (AvgIpc) is 3.87. The van der Waals surface area contributed by atoms with E-state index < -0.39 is 0 Å². The van der Waals surface area contributed by atoms with E-state index in [9.17, 15) is 0 Å². The van der Waals surface area contributed by atoms with E-state index in [0.29, 0.717) is 0 Å². The lowest BCUT2D eigenvalue weighted by Crippen LogP contribution is -2.11. The minimum absolute atomic E-state index is 0.854. The molecule has 0 saturated carbocycles. The maximum atomic E-state index is 6.76. The Morgan fingerprint density at radius 1 is 0.351 bits per heavy atom. The molecular weight excluding hydrogens is 711 g/mol. The molecule has 0 saturated heterocycles. The Balaban J connectivity index is 1.24. The van der Waals surface area contributed by atoms with Crippen molar-refractivity contribution in [2.24, 2.45) is 0 Å². The highest BCUT2D eigenvalue weighted by molar-refractivity contribution is 7.26. The second-order valence-corrected chi connectivity index (χ2v) is 15.5. The SMILES string of the molecule is c1ccc(-c2cc(-c3ccccc3)cc(N(c3cccc4oc5cc(-c6ccccc6)ccc5c34)c3ccc(-c4ccccc4)c4sc5ccccc5c34)c2)cc1. The zero-order valence-corrected chi connectivity index (χ0v) is 31.8. The lowest BCUT2D eigenvalue weighted by Gasteiger charge is -2.29. The standard InChI is InChI=1S/C54H35NOS/c1-5-16-36(17-6-1)40-28-29-45-50(35-40)56-49-26-15-25-47(52(45)49)55(43-33-41(37-18-7-2-8-19-37)32-42(34-43)38-20-9-3-10-21-38)48-31-30-44(39-22-11-4-12-23-39)54-53(48)46-24-13-14-27-51(46)57-54/h1-35H. The van der Waals surface area contributed by atoms with Gasteiger partial charge in [-0.25, -0.2) is 0 Å². The molecule has 0 aliphatic heterocycles. The van der Waals surface area contributed by atoms with Gasteiger partial charge in [0.25, 0.3) is 0 Å². The fourth-order valence-electron chi connectivity index (χ4n) is 8.39. The van der Waals surface area contributed by atoms with Crippen molar-refractivity contribution >= 4 is 70.5 Å². The van der Waals surface area contributed by atoms with Crippen LogP contribution in [-0.2, 0) is 0 Å². The highest BCUT2D eigenvalue weighted by Gasteiger charge is 2.25. The molecule has 11 rings (SSSR count). The van der Waals surface area contributed by atoms with Crippen molar-refractivity contribution in [2.75, 3.05) is 4.90 Å². The van der Waals surface area contributed by atoms with Crippen LogP contribution in [0.25, 0.3) is 86.6 Å². The molecule has 0 fully saturated rings. The summed E-state index contributed by atoms with van der Waals surface area (Å²) in [6, 6.07) is 76.4. The van der Waals surface area contributed by atoms with Crippen LogP contribution in [0.5, 0.6) is 0 Å². The molecule has 0 N–H and O–H groups in total. The Labute approximate surface area is 335 Å². The van der Waals surface area contributed by atoms with Gasteiger partial charge in [0.1, 0.15) is 11.2 Å². The lowest BCUT2D eigenvalue weighted by atomic mass is 9.96. The summed E-state index contributed by atoms with van der Waals surface area (Å²) in [6.45, 7) is 0. The number of fused-ring (bicyclic) bond motifs is 6. The highest BCUT2D eigenvalue weighted by Crippen LogP contribution is 2.51. The van der Waals surface area contributed by atoms with E-state index in [1.807, 2.05) is 11.3 Å². The number of hydrogen-bond acceptors (Lipinski definition) is 3. The van der Waals surface area contributed by atoms with Crippen molar-refractivity contribution in [3.8, 4) is 44.5 Å². The Bertz CT molecular complexity index is 3160. The largest absolute Gasteiger partial charge is 0.456 e. The van der Waals surface area contributed by atoms with Crippen LogP contribution in [0, 0.1) is 0 Å². The summed E-state index contributed by atoms with van der Waals surface area (Å²) >= 11 is 1.87. The first kappa shape index (κ1) is 33.2. The van der Waals surface area contributed by atoms with Crippen LogP contribution in [0.1, 0.15) is 0 Å². The van der Waals surface area contributed by atoms with Gasteiger partial charge >= 0.3 is 0 Å². The minimum atomic E-state index is 0.854. The third kappa shape index (κ3) is 5.80. The van der Waals surface area contributed by atoms with Crippen molar-refractivity contribution in [3.05, 3.63) is 212 Å². The fourth-order valence-corrected chi connectivity index (χ4v) is 9.65. The predicted molar refractivity (Wildman–Crippen MR) is 243 cm³/mol. The van der Waals surface area contributed by atoms with Crippen LogP contribution >= 0.6 is 11.3 Å². The molecule has 2 heterocycles. The third-order valence-electron chi connectivity index (χ3n) is 11.0. The third-order valence-corrected chi connectivity index (χ3v) is 12.2. The van der Waals surface area contributed by atoms with E-state index in [-0.39, 0.29) is 0 Å². The molecule has 0 spiro atoms. The van der Waals surface area contributed by atoms with E-state index in [1.165, 1.54) is 42.4 Å². The van der Waals surface area contributed by atoms with Crippen LogP contribution in [0.3, 0.4) is 0 Å². The molecule has 57 heavy (non-hydrogen) atoms. The highest BCUT2D eigenvalue weighted by atomic mass is 32.1. The number of hydrogen-bond donors (Lipinski definition) is 0. The summed E-state index contributed by atoms with van der Waals surface area (Å²) in [4.78, 5) is 2.48. The zero-order valence-electron chi connectivity index (χ0n) is 31.0. The summed E-state index contributed by atoms with van der Waals surface area (Å²) in [5.74, 6) is 0. The van der Waals surface area contributed by atoms with Gasteiger partial charge in [-0.1, -0.05) is 158 Å². The van der Waals surface area contributed by atoms with Gasteiger partial charge in [-0.15, -0.1) is 11.3 Å². The second kappa shape index (κ2) is 13.8. The topological polar surface area (TPSA) is 16.4 Å². The summed E-state index contributed by atoms with van der Waals surface area (Å²) < 4.78 is 9.29. The van der Waals surface area contributed by atoms with Gasteiger partial charge in [-0.2, -0.15) is 0 Å². The van der Waals surface area contributed by atoms with Gasteiger partial charge in [0.2, 0.25) is 0 Å². The maximum absolute atomic E-state index is 6.76. The number of furan rings is 1. The Kier molecular flexibility index (Phi) is 8.04. The molecule has 3 heteroatoms. The zero-order chi connectivity index (χ0) is 37.7. The Hall–Kier alpha value is -7.20. The molecule has 0 aliphatic rings. The van der Waals surface area contributed by atoms with Gasteiger partial charge in [0.15, 0.2) is 0 Å². The summed E-state index contributed by atoms with van der Waals surface area (Å²) in [5, 5.41) is 4.65. The van der Waals surface area contributed by atoms with Crippen molar-refractivity contribution in [3.63, 3.8) is 0 Å². The van der Waals surface area contributed by atoms with Gasteiger partial charge in [0, 0.05) is 31.2 Å². The Morgan fingerprint density at radius 3 is 1.60 bits per heavy atom. The summed E-state index contributed by atoms with van der Waals surface area (Å²) in [5.41, 5.74) is 14.4. The number of anilines is 3. The fraction of sp³-hybridized carbons (Fsp3) is 0.